The average Bonchev–Trinajstić information content (AvgIpc) is 3.85. The van der Waals surface area contributed by atoms with Crippen molar-refractivity contribution in [3.8, 4) is 28.7 Å². The third kappa shape index (κ3) is 4.98. The first-order valence-electron chi connectivity index (χ1n) is 15.2. The predicted molar refractivity (Wildman–Crippen MR) is 172 cm³/mol. The van der Waals surface area contributed by atoms with Crippen LogP contribution in [0, 0.1) is 11.8 Å². The third-order valence-electron chi connectivity index (χ3n) is 9.88. The van der Waals surface area contributed by atoms with Crippen LogP contribution in [0.4, 0.5) is 0 Å². The predicted octanol–water partition coefficient (Wildman–Crippen LogP) is 4.59. The van der Waals surface area contributed by atoms with Crippen LogP contribution in [-0.2, 0) is 28.5 Å². The summed E-state index contributed by atoms with van der Waals surface area (Å²) in [5.74, 6) is -0.609. The molecule has 8 rings (SSSR count). The normalized spacial score (nSPS) is 35.4. The second-order valence-corrected chi connectivity index (χ2v) is 14.7. The van der Waals surface area contributed by atoms with Crippen molar-refractivity contribution in [3.63, 3.8) is 0 Å². The molecule has 2 N–H and O–H groups in total. The molecule has 0 amide bonds. The van der Waals surface area contributed by atoms with Gasteiger partial charge in [0.25, 0.3) is 0 Å². The van der Waals surface area contributed by atoms with Gasteiger partial charge in [-0.25, -0.2) is 0 Å². The smallest absolute Gasteiger partial charge is 0.310 e. The van der Waals surface area contributed by atoms with E-state index in [1.165, 1.54) is 25.6 Å². The highest BCUT2D eigenvalue weighted by atomic mass is 127. The summed E-state index contributed by atoms with van der Waals surface area (Å²) in [6.07, 6.45) is -3.73. The number of ether oxygens (including phenoxy) is 9. The molecule has 0 spiro atoms. The Morgan fingerprint density at radius 1 is 1.02 bits per heavy atom. The summed E-state index contributed by atoms with van der Waals surface area (Å²) in [4.78, 5) is 14.5. The molecule has 47 heavy (non-hydrogen) atoms. The molecule has 3 fully saturated rings. The molecule has 3 aromatic rings. The van der Waals surface area contributed by atoms with Crippen molar-refractivity contribution in [2.24, 2.45) is 11.8 Å². The highest BCUT2D eigenvalue weighted by molar-refractivity contribution is 14.1. The van der Waals surface area contributed by atoms with Gasteiger partial charge in [0.2, 0.25) is 12.5 Å². The number of aromatic hydroxyl groups is 1. The Kier molecular flexibility index (Phi) is 7.97. The van der Waals surface area contributed by atoms with Crippen molar-refractivity contribution in [2.45, 2.75) is 53.3 Å². The highest BCUT2D eigenvalue weighted by Crippen LogP contribution is 2.57. The minimum absolute atomic E-state index is 0.0602. The standard InChI is InChI=1S/C33H33IO12S/c1-33-23(12-41-31(46-33)22-5-4-6-47-22)44-32(26(34)29(33)36)45-28-16-10-19-18(42-13-43-19)9-15(16)24(25-17(28)11-40-30(25)37)14-7-20(38-2)27(35)21(8-14)39-3/h4-10,17,23-26,28-29,31-32,35-36H,11-13H2,1-3H3/t17-,23+,24+,25-,26?,28+,29+,31?,32-,33+/m0/s1. The fourth-order valence-corrected chi connectivity index (χ4v) is 9.17. The number of methoxy groups -OCH3 is 2. The highest BCUT2D eigenvalue weighted by Gasteiger charge is 2.59. The van der Waals surface area contributed by atoms with Gasteiger partial charge in [-0.15, -0.1) is 11.3 Å². The van der Waals surface area contributed by atoms with Crippen LogP contribution in [0.15, 0.2) is 41.8 Å². The number of phenols is 1. The summed E-state index contributed by atoms with van der Waals surface area (Å²) in [7, 11) is 2.91. The number of carbonyl (C=O) groups is 1. The van der Waals surface area contributed by atoms with E-state index >= 15 is 0 Å². The van der Waals surface area contributed by atoms with Crippen LogP contribution in [0.3, 0.4) is 0 Å². The number of benzene rings is 2. The minimum Gasteiger partial charge on any atom is -0.502 e. The zero-order valence-corrected chi connectivity index (χ0v) is 28.6. The number of aliphatic hydroxyl groups excluding tert-OH is 1. The lowest BCUT2D eigenvalue weighted by Crippen LogP contribution is -2.67. The van der Waals surface area contributed by atoms with Gasteiger partial charge in [-0.05, 0) is 59.3 Å². The van der Waals surface area contributed by atoms with Crippen LogP contribution in [-0.4, -0.2) is 78.4 Å². The van der Waals surface area contributed by atoms with Gasteiger partial charge in [0.1, 0.15) is 17.8 Å². The van der Waals surface area contributed by atoms with E-state index < -0.39 is 58.2 Å². The Morgan fingerprint density at radius 2 is 1.74 bits per heavy atom. The summed E-state index contributed by atoms with van der Waals surface area (Å²) >= 11 is 3.68. The molecule has 10 atom stereocenters. The number of hydrogen-bond acceptors (Lipinski definition) is 13. The van der Waals surface area contributed by atoms with E-state index in [0.29, 0.717) is 17.1 Å². The van der Waals surface area contributed by atoms with Crippen molar-refractivity contribution in [2.75, 3.05) is 34.2 Å². The molecule has 0 radical (unpaired) electrons. The molecule has 2 aromatic carbocycles. The molecule has 1 aromatic heterocycles. The number of alkyl halides is 1. The SMILES string of the molecule is COc1cc([C@@H]2c3cc4c(cc3[C@@H](O[C@@H]3O[C@@H]5COC(c6cccs6)O[C@@]5(C)[C@H](O)C3I)[C@H]3COC(=O)[C@H]23)OCO4)cc(OC)c1O. The lowest BCUT2D eigenvalue weighted by atomic mass is 9.66. The summed E-state index contributed by atoms with van der Waals surface area (Å²) in [5.41, 5.74) is 1.18. The average molecular weight is 781 g/mol. The lowest BCUT2D eigenvalue weighted by Gasteiger charge is -2.53. The fraction of sp³-hybridized carbons (Fsp3) is 0.485. The van der Waals surface area contributed by atoms with E-state index in [4.69, 9.17) is 42.6 Å². The number of cyclic esters (lactones) is 1. The maximum Gasteiger partial charge on any atom is 0.310 e. The van der Waals surface area contributed by atoms with E-state index in [2.05, 4.69) is 22.6 Å². The molecular formula is C33H33IO12S. The Bertz CT molecular complexity index is 1650. The molecule has 12 nitrogen and oxygen atoms in total. The number of thiophene rings is 1. The van der Waals surface area contributed by atoms with E-state index in [0.717, 1.165) is 16.0 Å². The molecule has 250 valence electrons. The topological polar surface area (TPSA) is 141 Å². The van der Waals surface area contributed by atoms with Gasteiger partial charge in [-0.3, -0.25) is 4.79 Å². The van der Waals surface area contributed by atoms with Crippen LogP contribution in [0.25, 0.3) is 0 Å². The van der Waals surface area contributed by atoms with Crippen molar-refractivity contribution < 1.29 is 57.6 Å². The van der Waals surface area contributed by atoms with Crippen molar-refractivity contribution in [1.29, 1.82) is 0 Å². The molecule has 5 aliphatic rings. The maximum absolute atomic E-state index is 13.6. The number of rotatable bonds is 6. The minimum atomic E-state index is -1.05. The van der Waals surface area contributed by atoms with Gasteiger partial charge in [0, 0.05) is 11.8 Å². The van der Waals surface area contributed by atoms with E-state index in [-0.39, 0.29) is 43.2 Å². The van der Waals surface area contributed by atoms with Gasteiger partial charge in [0.05, 0.1) is 48.3 Å². The molecular weight excluding hydrogens is 747 g/mol. The van der Waals surface area contributed by atoms with Crippen molar-refractivity contribution in [1.82, 2.24) is 0 Å². The van der Waals surface area contributed by atoms with Gasteiger partial charge in [0.15, 0.2) is 35.6 Å². The third-order valence-corrected chi connectivity index (χ3v) is 12.0. The van der Waals surface area contributed by atoms with Crippen LogP contribution in [0.2, 0.25) is 0 Å². The zero-order valence-electron chi connectivity index (χ0n) is 25.6. The summed E-state index contributed by atoms with van der Waals surface area (Å²) in [6.45, 7) is 2.21. The Balaban J connectivity index is 1.17. The van der Waals surface area contributed by atoms with E-state index in [1.807, 2.05) is 36.6 Å². The largest absolute Gasteiger partial charge is 0.502 e. The number of esters is 1. The van der Waals surface area contributed by atoms with Crippen LogP contribution in [0.1, 0.15) is 46.8 Å². The first-order valence-corrected chi connectivity index (χ1v) is 17.3. The van der Waals surface area contributed by atoms with Crippen LogP contribution in [0.5, 0.6) is 28.7 Å². The second kappa shape index (κ2) is 11.9. The van der Waals surface area contributed by atoms with E-state index in [1.54, 1.807) is 12.1 Å². The molecule has 4 aliphatic heterocycles. The first kappa shape index (κ1) is 31.4. The van der Waals surface area contributed by atoms with Crippen molar-refractivity contribution in [3.05, 3.63) is 63.3 Å². The number of fused-ring (bicyclic) bond motifs is 4. The molecule has 0 bridgehead atoms. The Hall–Kier alpha value is -2.86. The molecule has 0 saturated carbocycles. The molecule has 3 saturated heterocycles. The van der Waals surface area contributed by atoms with Gasteiger partial charge >= 0.3 is 5.97 Å². The second-order valence-electron chi connectivity index (χ2n) is 12.3. The quantitative estimate of drug-likeness (QED) is 0.206. The summed E-state index contributed by atoms with van der Waals surface area (Å²) < 4.78 is 53.4. The molecule has 14 heteroatoms. The number of carbonyl (C=O) groups excluding carboxylic acids is 1. The summed E-state index contributed by atoms with van der Waals surface area (Å²) in [5, 5.41) is 24.3. The fourth-order valence-electron chi connectivity index (χ4n) is 7.41. The van der Waals surface area contributed by atoms with Gasteiger partial charge in [-0.2, -0.15) is 0 Å². The Labute approximate surface area is 287 Å². The number of phenolic OH excluding ortho intramolecular Hbond substituents is 1. The van der Waals surface area contributed by atoms with Crippen molar-refractivity contribution >= 4 is 39.9 Å². The first-order chi connectivity index (χ1) is 22.7. The molecule has 1 aliphatic carbocycles. The van der Waals surface area contributed by atoms with Crippen LogP contribution < -0.4 is 18.9 Å². The summed E-state index contributed by atoms with van der Waals surface area (Å²) in [6, 6.07) is 11.0. The number of aliphatic hydroxyl groups is 1. The molecule has 5 heterocycles. The molecule has 2 unspecified atom stereocenters. The number of hydrogen-bond donors (Lipinski definition) is 2. The lowest BCUT2D eigenvalue weighted by molar-refractivity contribution is -0.374. The monoisotopic (exact) mass is 780 g/mol. The van der Waals surface area contributed by atoms with Gasteiger partial charge < -0.3 is 52.8 Å². The number of halogens is 1. The van der Waals surface area contributed by atoms with Gasteiger partial charge in [-0.1, -0.05) is 28.7 Å². The van der Waals surface area contributed by atoms with Crippen LogP contribution >= 0.6 is 33.9 Å². The van der Waals surface area contributed by atoms with E-state index in [9.17, 15) is 15.0 Å². The Morgan fingerprint density at radius 3 is 2.43 bits per heavy atom. The zero-order chi connectivity index (χ0) is 32.6. The maximum atomic E-state index is 13.6.